The molecule has 0 aromatic carbocycles. The van der Waals surface area contributed by atoms with Gasteiger partial charge in [0.1, 0.15) is 0 Å². The first-order valence-electron chi connectivity index (χ1n) is 5.13. The zero-order valence-corrected chi connectivity index (χ0v) is 9.82. The first kappa shape index (κ1) is 10.1. The number of aromatic nitrogens is 2. The summed E-state index contributed by atoms with van der Waals surface area (Å²) in [6.07, 6.45) is 1.14. The second-order valence-corrected chi connectivity index (χ2v) is 5.42. The second-order valence-electron chi connectivity index (χ2n) is 4.58. The fraction of sp³-hybridized carbons (Fsp3) is 0.800. The maximum Gasteiger partial charge on any atom is 0.0756 e. The molecule has 14 heavy (non-hydrogen) atoms. The molecule has 1 aromatic heterocycles. The standard InChI is InChI=1S/C10H17N3S/c1-7(2)10(5-11-6-10)4-9-8(3)12-13-14-9/h7,11H,4-6H2,1-3H3. The minimum absolute atomic E-state index is 0.457. The maximum absolute atomic E-state index is 4.07. The van der Waals surface area contributed by atoms with Crippen molar-refractivity contribution < 1.29 is 0 Å². The van der Waals surface area contributed by atoms with Crippen molar-refractivity contribution in [1.29, 1.82) is 0 Å². The van der Waals surface area contributed by atoms with E-state index in [9.17, 15) is 0 Å². The third kappa shape index (κ3) is 1.57. The first-order chi connectivity index (χ1) is 6.64. The van der Waals surface area contributed by atoms with Crippen molar-refractivity contribution in [3.63, 3.8) is 0 Å². The molecule has 0 unspecified atom stereocenters. The lowest BCUT2D eigenvalue weighted by atomic mass is 9.69. The topological polar surface area (TPSA) is 37.8 Å². The maximum atomic E-state index is 4.07. The van der Waals surface area contributed by atoms with Gasteiger partial charge in [-0.3, -0.25) is 0 Å². The zero-order valence-electron chi connectivity index (χ0n) is 9.00. The van der Waals surface area contributed by atoms with E-state index >= 15 is 0 Å². The fourth-order valence-electron chi connectivity index (χ4n) is 1.92. The summed E-state index contributed by atoms with van der Waals surface area (Å²) >= 11 is 1.55. The fourth-order valence-corrected chi connectivity index (χ4v) is 2.70. The molecule has 1 aromatic rings. The summed E-state index contributed by atoms with van der Waals surface area (Å²) in [6.45, 7) is 8.96. The van der Waals surface area contributed by atoms with E-state index in [0.29, 0.717) is 5.41 Å². The Hall–Kier alpha value is -0.480. The van der Waals surface area contributed by atoms with Gasteiger partial charge in [-0.1, -0.05) is 18.3 Å². The van der Waals surface area contributed by atoms with E-state index in [2.05, 4.69) is 35.7 Å². The van der Waals surface area contributed by atoms with Gasteiger partial charge in [-0.2, -0.15) is 0 Å². The van der Waals surface area contributed by atoms with Crippen LogP contribution < -0.4 is 5.32 Å². The quantitative estimate of drug-likeness (QED) is 0.826. The van der Waals surface area contributed by atoms with Crippen molar-refractivity contribution >= 4 is 11.5 Å². The monoisotopic (exact) mass is 211 g/mol. The number of hydrogen-bond donors (Lipinski definition) is 1. The Bertz CT molecular complexity index is 315. The summed E-state index contributed by atoms with van der Waals surface area (Å²) in [6, 6.07) is 0. The third-order valence-corrected chi connectivity index (χ3v) is 4.26. The van der Waals surface area contributed by atoms with Crippen molar-refractivity contribution in [2.75, 3.05) is 13.1 Å². The van der Waals surface area contributed by atoms with Crippen LogP contribution in [-0.4, -0.2) is 22.7 Å². The van der Waals surface area contributed by atoms with Crippen LogP contribution in [0.5, 0.6) is 0 Å². The Morgan fingerprint density at radius 1 is 1.50 bits per heavy atom. The third-order valence-electron chi connectivity index (χ3n) is 3.44. The van der Waals surface area contributed by atoms with E-state index in [1.165, 1.54) is 4.88 Å². The van der Waals surface area contributed by atoms with E-state index in [1.807, 2.05) is 0 Å². The number of nitrogens with zero attached hydrogens (tertiary/aromatic N) is 2. The number of hydrogen-bond acceptors (Lipinski definition) is 4. The van der Waals surface area contributed by atoms with Gasteiger partial charge >= 0.3 is 0 Å². The predicted molar refractivity (Wildman–Crippen MR) is 58.5 cm³/mol. The molecule has 1 aliphatic heterocycles. The highest BCUT2D eigenvalue weighted by atomic mass is 32.1. The Morgan fingerprint density at radius 2 is 2.21 bits per heavy atom. The Kier molecular flexibility index (Phi) is 2.58. The molecule has 0 amide bonds. The minimum Gasteiger partial charge on any atom is -0.315 e. The van der Waals surface area contributed by atoms with Crippen molar-refractivity contribution in [3.05, 3.63) is 10.6 Å². The van der Waals surface area contributed by atoms with Crippen molar-refractivity contribution in [2.24, 2.45) is 11.3 Å². The van der Waals surface area contributed by atoms with E-state index in [-0.39, 0.29) is 0 Å². The van der Waals surface area contributed by atoms with Crippen molar-refractivity contribution in [3.8, 4) is 0 Å². The molecular weight excluding hydrogens is 194 g/mol. The molecule has 0 saturated carbocycles. The lowest BCUT2D eigenvalue weighted by Gasteiger charge is -2.46. The lowest BCUT2D eigenvalue weighted by molar-refractivity contribution is 0.100. The summed E-state index contributed by atoms with van der Waals surface area (Å²) in [5.41, 5.74) is 1.57. The summed E-state index contributed by atoms with van der Waals surface area (Å²) < 4.78 is 3.99. The van der Waals surface area contributed by atoms with Crippen LogP contribution in [0, 0.1) is 18.3 Å². The van der Waals surface area contributed by atoms with E-state index in [0.717, 1.165) is 31.1 Å². The van der Waals surface area contributed by atoms with Crippen LogP contribution in [0.15, 0.2) is 0 Å². The van der Waals surface area contributed by atoms with Crippen molar-refractivity contribution in [2.45, 2.75) is 27.2 Å². The molecule has 1 fully saturated rings. The molecule has 0 spiro atoms. The smallest absolute Gasteiger partial charge is 0.0756 e. The van der Waals surface area contributed by atoms with Crippen LogP contribution in [-0.2, 0) is 6.42 Å². The average Bonchev–Trinajstić information content (AvgIpc) is 2.43. The van der Waals surface area contributed by atoms with Crippen LogP contribution in [0.3, 0.4) is 0 Å². The molecule has 1 N–H and O–H groups in total. The Balaban J connectivity index is 2.13. The van der Waals surface area contributed by atoms with Gasteiger partial charge in [0.2, 0.25) is 0 Å². The van der Waals surface area contributed by atoms with Gasteiger partial charge in [0.15, 0.2) is 0 Å². The molecule has 0 radical (unpaired) electrons. The highest BCUT2D eigenvalue weighted by Gasteiger charge is 2.40. The zero-order chi connectivity index (χ0) is 10.2. The summed E-state index contributed by atoms with van der Waals surface area (Å²) in [5, 5.41) is 7.45. The van der Waals surface area contributed by atoms with Gasteiger partial charge in [0.25, 0.3) is 0 Å². The molecule has 0 aliphatic carbocycles. The second kappa shape index (κ2) is 3.59. The summed E-state index contributed by atoms with van der Waals surface area (Å²) in [4.78, 5) is 1.36. The molecule has 2 rings (SSSR count). The van der Waals surface area contributed by atoms with Gasteiger partial charge in [-0.15, -0.1) is 5.10 Å². The van der Waals surface area contributed by atoms with Crippen molar-refractivity contribution in [1.82, 2.24) is 14.9 Å². The molecule has 0 bridgehead atoms. The van der Waals surface area contributed by atoms with Crippen LogP contribution in [0.4, 0.5) is 0 Å². The number of aryl methyl sites for hydroxylation is 1. The summed E-state index contributed by atoms with van der Waals surface area (Å²) in [5.74, 6) is 0.727. The van der Waals surface area contributed by atoms with E-state index in [1.54, 1.807) is 11.5 Å². The average molecular weight is 211 g/mol. The van der Waals surface area contributed by atoms with E-state index < -0.39 is 0 Å². The molecular formula is C10H17N3S. The lowest BCUT2D eigenvalue weighted by Crippen LogP contribution is -2.57. The molecule has 4 heteroatoms. The minimum atomic E-state index is 0.457. The van der Waals surface area contributed by atoms with Crippen LogP contribution >= 0.6 is 11.5 Å². The molecule has 3 nitrogen and oxygen atoms in total. The Labute approximate surface area is 89.1 Å². The highest BCUT2D eigenvalue weighted by Crippen LogP contribution is 2.36. The van der Waals surface area contributed by atoms with Gasteiger partial charge < -0.3 is 5.32 Å². The van der Waals surface area contributed by atoms with E-state index in [4.69, 9.17) is 0 Å². The normalized spacial score (nSPS) is 19.7. The van der Waals surface area contributed by atoms with Crippen LogP contribution in [0.1, 0.15) is 24.4 Å². The van der Waals surface area contributed by atoms with Crippen LogP contribution in [0.2, 0.25) is 0 Å². The largest absolute Gasteiger partial charge is 0.315 e. The first-order valence-corrected chi connectivity index (χ1v) is 5.90. The van der Waals surface area contributed by atoms with Gasteiger partial charge in [-0.25, -0.2) is 0 Å². The Morgan fingerprint density at radius 3 is 2.57 bits per heavy atom. The summed E-state index contributed by atoms with van der Waals surface area (Å²) in [7, 11) is 0. The predicted octanol–water partition coefficient (Wildman–Crippen LogP) is 1.63. The van der Waals surface area contributed by atoms with Gasteiger partial charge in [-0.05, 0) is 30.8 Å². The SMILES string of the molecule is Cc1nnsc1CC1(C(C)C)CNC1. The molecule has 0 atom stereocenters. The van der Waals surface area contributed by atoms with Gasteiger partial charge in [0, 0.05) is 23.4 Å². The molecule has 2 heterocycles. The molecule has 78 valence electrons. The molecule has 1 saturated heterocycles. The van der Waals surface area contributed by atoms with Gasteiger partial charge in [0.05, 0.1) is 5.69 Å². The number of nitrogens with one attached hydrogen (secondary N) is 1. The molecule has 1 aliphatic rings. The highest BCUT2D eigenvalue weighted by molar-refractivity contribution is 7.05. The number of rotatable bonds is 3. The van der Waals surface area contributed by atoms with Crippen LogP contribution in [0.25, 0.3) is 0 Å².